The second kappa shape index (κ2) is 9.19. The van der Waals surface area contributed by atoms with Crippen LogP contribution in [0, 0.1) is 0 Å². The third-order valence-corrected chi connectivity index (χ3v) is 13.1. The molecule has 0 saturated carbocycles. The molecule has 0 bridgehead atoms. The predicted octanol–water partition coefficient (Wildman–Crippen LogP) is 6.77. The van der Waals surface area contributed by atoms with Gasteiger partial charge >= 0.3 is 0 Å². The van der Waals surface area contributed by atoms with Gasteiger partial charge in [-0.1, -0.05) is 86.1 Å². The molecule has 0 aliphatic rings. The lowest BCUT2D eigenvalue weighted by atomic mass is 10.2. The summed E-state index contributed by atoms with van der Waals surface area (Å²) in [4.78, 5) is 3.91. The second-order valence-electron chi connectivity index (χ2n) is 8.75. The van der Waals surface area contributed by atoms with Gasteiger partial charge in [0.1, 0.15) is 0 Å². The Kier molecular flexibility index (Phi) is 9.18. The Morgan fingerprint density at radius 2 is 1.29 bits per heavy atom. The Balaban J connectivity index is 4.35. The molecule has 3 heteroatoms. The fraction of sp³-hybridized carbons (Fsp3) is 0.889. The van der Waals surface area contributed by atoms with E-state index in [1.807, 2.05) is 0 Å². The fourth-order valence-electron chi connectivity index (χ4n) is 3.70. The molecule has 126 valence electrons. The highest BCUT2D eigenvalue weighted by atomic mass is 28.3. The first kappa shape index (κ1) is 21.0. The topological polar surface area (TPSA) is 12.0 Å². The summed E-state index contributed by atoms with van der Waals surface area (Å²) >= 11 is 0. The maximum atomic E-state index is 3.91. The lowest BCUT2D eigenvalue weighted by molar-refractivity contribution is 0.773. The first-order chi connectivity index (χ1) is 9.54. The molecular formula is C18H41NSi2. The van der Waals surface area contributed by atoms with E-state index in [2.05, 4.69) is 78.4 Å². The highest BCUT2D eigenvalue weighted by molar-refractivity contribution is 6.81. The zero-order valence-electron chi connectivity index (χ0n) is 16.2. The monoisotopic (exact) mass is 327 g/mol. The molecule has 1 nitrogen and oxygen atoms in total. The van der Waals surface area contributed by atoms with E-state index in [1.54, 1.807) is 0 Å². The van der Waals surface area contributed by atoms with E-state index in [1.165, 1.54) is 25.3 Å². The van der Waals surface area contributed by atoms with Gasteiger partial charge in [-0.15, -0.1) is 0 Å². The normalized spacial score (nSPS) is 13.9. The molecule has 21 heavy (non-hydrogen) atoms. The summed E-state index contributed by atoms with van der Waals surface area (Å²) in [5, 5.41) is 0. The molecule has 0 unspecified atom stereocenters. The maximum Gasteiger partial charge on any atom is 0.160 e. The van der Waals surface area contributed by atoms with Gasteiger partial charge in [-0.3, -0.25) is 0 Å². The smallest absolute Gasteiger partial charge is 0.160 e. The Labute approximate surface area is 137 Å². The largest absolute Gasteiger partial charge is 0.416 e. The minimum atomic E-state index is -1.46. The van der Waals surface area contributed by atoms with Gasteiger partial charge in [0, 0.05) is 8.07 Å². The van der Waals surface area contributed by atoms with Gasteiger partial charge in [-0.05, 0) is 29.2 Å². The molecule has 0 aliphatic carbocycles. The molecular weight excluding hydrogens is 286 g/mol. The molecule has 0 amide bonds. The Morgan fingerprint density at radius 3 is 1.67 bits per heavy atom. The van der Waals surface area contributed by atoms with Gasteiger partial charge in [0.25, 0.3) is 0 Å². The van der Waals surface area contributed by atoms with Crippen molar-refractivity contribution in [2.75, 3.05) is 0 Å². The van der Waals surface area contributed by atoms with Crippen molar-refractivity contribution in [2.24, 2.45) is 0 Å². The molecule has 0 radical (unpaired) electrons. The number of hydrogen-bond donors (Lipinski definition) is 1. The first-order valence-corrected chi connectivity index (χ1v) is 14.9. The molecule has 0 aromatic rings. The number of hydrogen-bond acceptors (Lipinski definition) is 1. The van der Waals surface area contributed by atoms with E-state index in [4.69, 9.17) is 0 Å². The molecule has 0 atom stereocenters. The molecule has 0 aromatic heterocycles. The van der Waals surface area contributed by atoms with Crippen molar-refractivity contribution in [1.29, 1.82) is 0 Å². The number of allylic oxidation sites excluding steroid dienone is 1. The van der Waals surface area contributed by atoms with Crippen LogP contribution in [0.5, 0.6) is 0 Å². The fourth-order valence-corrected chi connectivity index (χ4v) is 10.4. The van der Waals surface area contributed by atoms with Crippen molar-refractivity contribution in [3.05, 3.63) is 12.3 Å². The summed E-state index contributed by atoms with van der Waals surface area (Å²) in [6.07, 6.45) is 8.65. The lowest BCUT2D eigenvalue weighted by Crippen LogP contribution is -2.55. The molecule has 0 aliphatic heterocycles. The molecule has 0 fully saturated rings. The van der Waals surface area contributed by atoms with Crippen LogP contribution in [0.2, 0.25) is 42.3 Å². The van der Waals surface area contributed by atoms with Crippen molar-refractivity contribution in [3.63, 3.8) is 0 Å². The van der Waals surface area contributed by atoms with Gasteiger partial charge in [0.2, 0.25) is 0 Å². The Hall–Kier alpha value is -0.0262. The second-order valence-corrected chi connectivity index (χ2v) is 20.0. The van der Waals surface area contributed by atoms with Crippen LogP contribution in [0.1, 0.15) is 60.8 Å². The first-order valence-electron chi connectivity index (χ1n) is 8.96. The predicted molar refractivity (Wildman–Crippen MR) is 105 cm³/mol. The van der Waals surface area contributed by atoms with Crippen LogP contribution in [-0.4, -0.2) is 16.3 Å². The summed E-state index contributed by atoms with van der Waals surface area (Å²) in [6, 6.07) is 1.47. The van der Waals surface area contributed by atoms with E-state index in [9.17, 15) is 0 Å². The molecule has 1 N–H and O–H groups in total. The minimum Gasteiger partial charge on any atom is -0.416 e. The zero-order valence-corrected chi connectivity index (χ0v) is 18.2. The molecule has 0 saturated heterocycles. The summed E-state index contributed by atoms with van der Waals surface area (Å²) in [6.45, 7) is 21.8. The summed E-state index contributed by atoms with van der Waals surface area (Å²) in [7, 11) is -2.29. The summed E-state index contributed by atoms with van der Waals surface area (Å²) in [5.74, 6) is 0. The molecule has 0 heterocycles. The molecule has 0 spiro atoms. The number of rotatable bonds is 10. The van der Waals surface area contributed by atoms with Crippen molar-refractivity contribution in [1.82, 2.24) is 4.98 Å². The SMILES string of the molecule is CC(C)[Si](NC=CCCCC[Si](C)(C)C)(C(C)C)C(C)C. The zero-order chi connectivity index (χ0) is 16.7. The van der Waals surface area contributed by atoms with Gasteiger partial charge in [0.15, 0.2) is 8.24 Å². The standard InChI is InChI=1S/C18H41NSi2/c1-16(2)21(17(3)4,18(5)6)19-14-12-10-11-13-15-20(7,8)9/h12,14,16-19H,10-11,13,15H2,1-9H3. The number of nitrogens with one attached hydrogen (secondary N) is 1. The Bertz CT molecular complexity index is 279. The highest BCUT2D eigenvalue weighted by Crippen LogP contribution is 2.38. The number of unbranched alkanes of at least 4 members (excludes halogenated alkanes) is 2. The van der Waals surface area contributed by atoms with Crippen molar-refractivity contribution < 1.29 is 0 Å². The van der Waals surface area contributed by atoms with E-state index in [-0.39, 0.29) is 0 Å². The minimum absolute atomic E-state index is 0.772. The average Bonchev–Trinajstić information content (AvgIpc) is 2.29. The van der Waals surface area contributed by atoms with E-state index < -0.39 is 16.3 Å². The van der Waals surface area contributed by atoms with Gasteiger partial charge in [0.05, 0.1) is 0 Å². The quantitative estimate of drug-likeness (QED) is 0.344. The van der Waals surface area contributed by atoms with Crippen LogP contribution in [0.3, 0.4) is 0 Å². The van der Waals surface area contributed by atoms with Crippen molar-refractivity contribution in [3.8, 4) is 0 Å². The van der Waals surface area contributed by atoms with Crippen LogP contribution >= 0.6 is 0 Å². The van der Waals surface area contributed by atoms with E-state index >= 15 is 0 Å². The van der Waals surface area contributed by atoms with Crippen LogP contribution in [0.25, 0.3) is 0 Å². The average molecular weight is 328 g/mol. The lowest BCUT2D eigenvalue weighted by Gasteiger charge is -2.43. The highest BCUT2D eigenvalue weighted by Gasteiger charge is 2.42. The van der Waals surface area contributed by atoms with Crippen LogP contribution < -0.4 is 4.98 Å². The van der Waals surface area contributed by atoms with Crippen LogP contribution in [-0.2, 0) is 0 Å². The van der Waals surface area contributed by atoms with Gasteiger partial charge in [-0.25, -0.2) is 0 Å². The summed E-state index contributed by atoms with van der Waals surface area (Å²) in [5.41, 5.74) is 2.32. The van der Waals surface area contributed by atoms with Gasteiger partial charge in [-0.2, -0.15) is 0 Å². The van der Waals surface area contributed by atoms with Crippen molar-refractivity contribution >= 4 is 16.3 Å². The molecule has 0 rings (SSSR count). The van der Waals surface area contributed by atoms with Crippen LogP contribution in [0.15, 0.2) is 12.3 Å². The maximum absolute atomic E-state index is 3.91. The third kappa shape index (κ3) is 7.18. The van der Waals surface area contributed by atoms with Crippen LogP contribution in [0.4, 0.5) is 0 Å². The van der Waals surface area contributed by atoms with Crippen molar-refractivity contribution in [2.45, 2.75) is 103 Å². The third-order valence-electron chi connectivity index (χ3n) is 4.86. The molecule has 0 aromatic carbocycles. The van der Waals surface area contributed by atoms with E-state index in [0.29, 0.717) is 0 Å². The Morgan fingerprint density at radius 1 is 0.810 bits per heavy atom. The summed E-state index contributed by atoms with van der Waals surface area (Å²) < 4.78 is 0. The van der Waals surface area contributed by atoms with Gasteiger partial charge < -0.3 is 4.98 Å². The van der Waals surface area contributed by atoms with E-state index in [0.717, 1.165) is 16.6 Å².